The summed E-state index contributed by atoms with van der Waals surface area (Å²) in [5, 5.41) is 5.32. The van der Waals surface area contributed by atoms with E-state index in [0.29, 0.717) is 26.4 Å². The van der Waals surface area contributed by atoms with Gasteiger partial charge in [0.2, 0.25) is 0 Å². The van der Waals surface area contributed by atoms with Crippen LogP contribution in [-0.4, -0.2) is 33.8 Å². The number of imidazole rings is 1. The van der Waals surface area contributed by atoms with Crippen LogP contribution in [0.25, 0.3) is 21.6 Å². The molecule has 0 saturated heterocycles. The van der Waals surface area contributed by atoms with Gasteiger partial charge in [-0.1, -0.05) is 17.7 Å². The van der Waals surface area contributed by atoms with Gasteiger partial charge in [0, 0.05) is 12.1 Å². The number of carbonyl (C=O) groups is 1. The first kappa shape index (κ1) is 20.1. The molecule has 4 rings (SSSR count). The normalized spacial score (nSPS) is 11.3. The summed E-state index contributed by atoms with van der Waals surface area (Å²) in [7, 11) is 3.51. The molecule has 1 N–H and O–H groups in total. The van der Waals surface area contributed by atoms with E-state index in [4.69, 9.17) is 16.3 Å². The second kappa shape index (κ2) is 8.25. The van der Waals surface area contributed by atoms with Crippen LogP contribution < -0.4 is 10.2 Å². The number of ether oxygens (including phenoxy) is 1. The van der Waals surface area contributed by atoms with Crippen molar-refractivity contribution in [2.75, 3.05) is 7.11 Å². The summed E-state index contributed by atoms with van der Waals surface area (Å²) < 4.78 is 7.33. The van der Waals surface area contributed by atoms with E-state index in [9.17, 15) is 4.79 Å². The van der Waals surface area contributed by atoms with Crippen LogP contribution in [0.4, 0.5) is 0 Å². The standard InChI is InChI=1S/C21H18ClN5O2S/c1-12-19(30-21(25-12)15-6-5-14(22)9-18(15)29-3)20(28)26-24-10-13-4-7-17-16(8-13)23-11-27(17)2/h4-11H,1-3H3,(H,26,28). The zero-order valence-electron chi connectivity index (χ0n) is 16.5. The Kier molecular flexibility index (Phi) is 5.52. The van der Waals surface area contributed by atoms with Crippen molar-refractivity contribution in [2.24, 2.45) is 12.1 Å². The molecule has 0 aliphatic carbocycles. The minimum Gasteiger partial charge on any atom is -0.496 e. The maximum absolute atomic E-state index is 12.6. The number of nitrogens with one attached hydrogen (secondary N) is 1. The van der Waals surface area contributed by atoms with Gasteiger partial charge in [-0.15, -0.1) is 11.3 Å². The number of methoxy groups -OCH3 is 1. The van der Waals surface area contributed by atoms with Gasteiger partial charge in [0.15, 0.2) is 0 Å². The predicted octanol–water partition coefficient (Wildman–Crippen LogP) is 4.43. The third-order valence-electron chi connectivity index (χ3n) is 4.53. The van der Waals surface area contributed by atoms with Gasteiger partial charge in [0.25, 0.3) is 5.91 Å². The molecular weight excluding hydrogens is 422 g/mol. The molecule has 0 spiro atoms. The number of hydrogen-bond donors (Lipinski definition) is 1. The summed E-state index contributed by atoms with van der Waals surface area (Å²) in [6, 6.07) is 11.1. The molecule has 0 aliphatic heterocycles. The van der Waals surface area contributed by atoms with Crippen molar-refractivity contribution in [3.8, 4) is 16.3 Å². The molecule has 7 nitrogen and oxygen atoms in total. The van der Waals surface area contributed by atoms with Crippen LogP contribution in [0.2, 0.25) is 5.02 Å². The predicted molar refractivity (Wildman–Crippen MR) is 120 cm³/mol. The Morgan fingerprint density at radius 2 is 2.13 bits per heavy atom. The van der Waals surface area contributed by atoms with E-state index in [2.05, 4.69) is 20.5 Å². The van der Waals surface area contributed by atoms with Gasteiger partial charge in [-0.05, 0) is 42.8 Å². The highest BCUT2D eigenvalue weighted by atomic mass is 35.5. The average Bonchev–Trinajstić information content (AvgIpc) is 3.30. The van der Waals surface area contributed by atoms with Crippen molar-refractivity contribution in [1.29, 1.82) is 0 Å². The maximum atomic E-state index is 12.6. The van der Waals surface area contributed by atoms with Crippen molar-refractivity contribution < 1.29 is 9.53 Å². The van der Waals surface area contributed by atoms with Gasteiger partial charge in [-0.2, -0.15) is 5.10 Å². The molecule has 0 fully saturated rings. The van der Waals surface area contributed by atoms with Crippen LogP contribution >= 0.6 is 22.9 Å². The monoisotopic (exact) mass is 439 g/mol. The summed E-state index contributed by atoms with van der Waals surface area (Å²) in [5.74, 6) is 0.283. The lowest BCUT2D eigenvalue weighted by Gasteiger charge is -2.05. The molecule has 152 valence electrons. The van der Waals surface area contributed by atoms with Gasteiger partial charge in [0.05, 0.1) is 41.9 Å². The van der Waals surface area contributed by atoms with E-state index in [0.717, 1.165) is 22.2 Å². The van der Waals surface area contributed by atoms with Crippen LogP contribution in [0.15, 0.2) is 47.8 Å². The van der Waals surface area contributed by atoms with Crippen molar-refractivity contribution >= 4 is 46.1 Å². The van der Waals surface area contributed by atoms with Gasteiger partial charge >= 0.3 is 0 Å². The van der Waals surface area contributed by atoms with E-state index in [1.807, 2.05) is 35.9 Å². The molecule has 0 atom stereocenters. The Morgan fingerprint density at radius 3 is 2.93 bits per heavy atom. The number of aryl methyl sites for hydroxylation is 2. The zero-order valence-corrected chi connectivity index (χ0v) is 18.1. The van der Waals surface area contributed by atoms with Crippen LogP contribution in [0, 0.1) is 6.92 Å². The highest BCUT2D eigenvalue weighted by Gasteiger charge is 2.18. The molecule has 0 aliphatic rings. The quantitative estimate of drug-likeness (QED) is 0.368. The van der Waals surface area contributed by atoms with Crippen LogP contribution in [0.1, 0.15) is 20.9 Å². The van der Waals surface area contributed by atoms with E-state index in [-0.39, 0.29) is 5.91 Å². The highest BCUT2D eigenvalue weighted by Crippen LogP contribution is 2.36. The van der Waals surface area contributed by atoms with E-state index in [1.54, 1.807) is 38.7 Å². The SMILES string of the molecule is COc1cc(Cl)ccc1-c1nc(C)c(C(=O)NN=Cc2ccc3c(c2)ncn3C)s1. The molecule has 9 heteroatoms. The molecule has 2 heterocycles. The topological polar surface area (TPSA) is 81.4 Å². The Bertz CT molecular complexity index is 1280. The molecule has 0 bridgehead atoms. The number of fused-ring (bicyclic) bond motifs is 1. The second-order valence-corrected chi connectivity index (χ2v) is 8.02. The molecule has 0 radical (unpaired) electrons. The molecule has 4 aromatic rings. The van der Waals surface area contributed by atoms with E-state index >= 15 is 0 Å². The number of nitrogens with zero attached hydrogens (tertiary/aromatic N) is 4. The van der Waals surface area contributed by atoms with Gasteiger partial charge in [0.1, 0.15) is 15.6 Å². The largest absolute Gasteiger partial charge is 0.496 e. The molecular formula is C21H18ClN5O2S. The van der Waals surface area contributed by atoms with Gasteiger partial charge in [-0.25, -0.2) is 15.4 Å². The number of halogens is 1. The average molecular weight is 440 g/mol. The summed E-state index contributed by atoms with van der Waals surface area (Å²) in [5.41, 5.74) is 6.71. The lowest BCUT2D eigenvalue weighted by molar-refractivity contribution is 0.0958. The molecule has 0 unspecified atom stereocenters. The minimum atomic E-state index is -0.320. The Balaban J connectivity index is 1.51. The second-order valence-electron chi connectivity index (χ2n) is 6.58. The maximum Gasteiger partial charge on any atom is 0.283 e. The Morgan fingerprint density at radius 1 is 1.30 bits per heavy atom. The van der Waals surface area contributed by atoms with Crippen LogP contribution in [0.5, 0.6) is 5.75 Å². The lowest BCUT2D eigenvalue weighted by atomic mass is 10.2. The fourth-order valence-corrected chi connectivity index (χ4v) is 4.16. The van der Waals surface area contributed by atoms with Gasteiger partial charge in [-0.3, -0.25) is 4.79 Å². The number of amides is 1. The van der Waals surface area contributed by atoms with E-state index in [1.165, 1.54) is 11.3 Å². The number of hydrogen-bond acceptors (Lipinski definition) is 6. The number of thiazole rings is 1. The number of benzene rings is 2. The first-order valence-electron chi connectivity index (χ1n) is 9.02. The van der Waals surface area contributed by atoms with Crippen molar-refractivity contribution in [3.05, 3.63) is 63.9 Å². The molecule has 2 aromatic carbocycles. The Labute approximate surface area is 182 Å². The highest BCUT2D eigenvalue weighted by molar-refractivity contribution is 7.17. The number of rotatable bonds is 5. The Hall–Kier alpha value is -3.23. The van der Waals surface area contributed by atoms with Crippen LogP contribution in [0.3, 0.4) is 0 Å². The number of hydrazone groups is 1. The number of aromatic nitrogens is 3. The fraction of sp³-hybridized carbons (Fsp3) is 0.143. The minimum absolute atomic E-state index is 0.320. The fourth-order valence-electron chi connectivity index (χ4n) is 3.01. The first-order valence-corrected chi connectivity index (χ1v) is 10.2. The summed E-state index contributed by atoms with van der Waals surface area (Å²) in [6.45, 7) is 1.79. The summed E-state index contributed by atoms with van der Waals surface area (Å²) >= 11 is 7.30. The third kappa shape index (κ3) is 3.92. The zero-order chi connectivity index (χ0) is 21.3. The van der Waals surface area contributed by atoms with Crippen molar-refractivity contribution in [2.45, 2.75) is 6.92 Å². The molecule has 2 aromatic heterocycles. The lowest BCUT2D eigenvalue weighted by Crippen LogP contribution is -2.17. The van der Waals surface area contributed by atoms with Crippen LogP contribution in [-0.2, 0) is 7.05 Å². The molecule has 1 amide bonds. The smallest absolute Gasteiger partial charge is 0.283 e. The first-order chi connectivity index (χ1) is 14.5. The number of carbonyl (C=O) groups excluding carboxylic acids is 1. The molecule has 0 saturated carbocycles. The van der Waals surface area contributed by atoms with Gasteiger partial charge < -0.3 is 9.30 Å². The summed E-state index contributed by atoms with van der Waals surface area (Å²) in [4.78, 5) is 21.9. The third-order valence-corrected chi connectivity index (χ3v) is 5.95. The molecule has 30 heavy (non-hydrogen) atoms. The van der Waals surface area contributed by atoms with E-state index < -0.39 is 0 Å². The van der Waals surface area contributed by atoms with Crippen molar-refractivity contribution in [3.63, 3.8) is 0 Å². The van der Waals surface area contributed by atoms with Crippen molar-refractivity contribution in [1.82, 2.24) is 20.0 Å². The summed E-state index contributed by atoms with van der Waals surface area (Å²) in [6.07, 6.45) is 3.35.